The summed E-state index contributed by atoms with van der Waals surface area (Å²) >= 11 is 7.33. The van der Waals surface area contributed by atoms with E-state index in [4.69, 9.17) is 16.3 Å². The lowest BCUT2D eigenvalue weighted by Crippen LogP contribution is -2.25. The van der Waals surface area contributed by atoms with E-state index >= 15 is 0 Å². The van der Waals surface area contributed by atoms with Crippen molar-refractivity contribution in [2.45, 2.75) is 25.2 Å². The van der Waals surface area contributed by atoms with Crippen molar-refractivity contribution < 1.29 is 14.3 Å². The Morgan fingerprint density at radius 1 is 1.24 bits per heavy atom. The second kappa shape index (κ2) is 11.5. The number of nitrogens with one attached hydrogen (secondary N) is 2. The zero-order valence-electron chi connectivity index (χ0n) is 18.3. The van der Waals surface area contributed by atoms with Gasteiger partial charge in [0.2, 0.25) is 5.91 Å². The van der Waals surface area contributed by atoms with Gasteiger partial charge >= 0.3 is 0 Å². The third kappa shape index (κ3) is 6.36. The van der Waals surface area contributed by atoms with Crippen LogP contribution < -0.4 is 15.4 Å². The number of carbonyl (C=O) groups excluding carboxylic acids is 2. The molecule has 2 N–H and O–H groups in total. The van der Waals surface area contributed by atoms with Gasteiger partial charge in [-0.25, -0.2) is 0 Å². The first-order chi connectivity index (χ1) is 15.9. The lowest BCUT2D eigenvalue weighted by atomic mass is 10.2. The van der Waals surface area contributed by atoms with Crippen molar-refractivity contribution in [3.8, 4) is 5.75 Å². The van der Waals surface area contributed by atoms with Crippen LogP contribution in [0.25, 0.3) is 0 Å². The van der Waals surface area contributed by atoms with Gasteiger partial charge < -0.3 is 19.9 Å². The number of thioether (sulfide) groups is 1. The van der Waals surface area contributed by atoms with Crippen molar-refractivity contribution in [3.05, 3.63) is 77.1 Å². The Morgan fingerprint density at radius 2 is 2.03 bits per heavy atom. The topological polar surface area (TPSA) is 98.1 Å². The molecule has 3 aromatic rings. The van der Waals surface area contributed by atoms with Crippen molar-refractivity contribution in [3.63, 3.8) is 0 Å². The number of halogens is 1. The van der Waals surface area contributed by atoms with Crippen LogP contribution in [-0.2, 0) is 17.9 Å². The minimum absolute atomic E-state index is 0.123. The van der Waals surface area contributed by atoms with Crippen LogP contribution in [0.4, 0.5) is 5.69 Å². The van der Waals surface area contributed by atoms with Crippen LogP contribution in [0.15, 0.2) is 60.3 Å². The number of anilines is 1. The average Bonchev–Trinajstić information content (AvgIpc) is 3.18. The van der Waals surface area contributed by atoms with Crippen molar-refractivity contribution in [2.75, 3.05) is 18.2 Å². The molecular weight excluding hydrogens is 462 g/mol. The number of amides is 2. The summed E-state index contributed by atoms with van der Waals surface area (Å²) in [5, 5.41) is 14.9. The smallest absolute Gasteiger partial charge is 0.253 e. The molecule has 0 fully saturated rings. The molecular formula is C23H24ClN5O3S. The Labute approximate surface area is 201 Å². The number of rotatable bonds is 10. The van der Waals surface area contributed by atoms with Crippen LogP contribution in [0.2, 0.25) is 5.02 Å². The van der Waals surface area contributed by atoms with Crippen LogP contribution in [0.1, 0.15) is 21.7 Å². The van der Waals surface area contributed by atoms with Gasteiger partial charge in [0.25, 0.3) is 5.91 Å². The predicted molar refractivity (Wildman–Crippen MR) is 130 cm³/mol. The Balaban J connectivity index is 1.64. The SMILES string of the molecule is C=CCn1c(CNC(=O)c2ccccc2Cl)nnc1SCC(=O)Nc1cc(C)ccc1OC. The number of methoxy groups -OCH3 is 1. The fourth-order valence-corrected chi connectivity index (χ4v) is 3.99. The third-order valence-electron chi connectivity index (χ3n) is 4.59. The van der Waals surface area contributed by atoms with Gasteiger partial charge in [-0.1, -0.05) is 47.6 Å². The standard InChI is InChI=1S/C23H24ClN5O3S/c1-4-11-29-20(13-25-22(31)16-7-5-6-8-17(16)24)27-28-23(29)33-14-21(30)26-18-12-15(2)9-10-19(18)32-3/h4-10,12H,1,11,13-14H2,2-3H3,(H,25,31)(H,26,30). The lowest BCUT2D eigenvalue weighted by molar-refractivity contribution is -0.113. The van der Waals surface area contributed by atoms with Crippen LogP contribution in [0, 0.1) is 6.92 Å². The van der Waals surface area contributed by atoms with Crippen molar-refractivity contribution in [1.29, 1.82) is 0 Å². The normalized spacial score (nSPS) is 10.5. The fourth-order valence-electron chi connectivity index (χ4n) is 3.00. The molecule has 0 aliphatic heterocycles. The van der Waals surface area contributed by atoms with Crippen LogP contribution in [0.3, 0.4) is 0 Å². The molecule has 0 aliphatic carbocycles. The highest BCUT2D eigenvalue weighted by molar-refractivity contribution is 7.99. The second-order valence-corrected chi connectivity index (χ2v) is 8.35. The van der Waals surface area contributed by atoms with E-state index in [1.807, 2.05) is 25.1 Å². The Hall–Kier alpha value is -3.30. The average molecular weight is 486 g/mol. The van der Waals surface area contributed by atoms with Gasteiger partial charge in [0.05, 0.1) is 35.7 Å². The van der Waals surface area contributed by atoms with Crippen LogP contribution >= 0.6 is 23.4 Å². The first kappa shape index (κ1) is 24.3. The zero-order chi connectivity index (χ0) is 23.8. The fraction of sp³-hybridized carbons (Fsp3) is 0.217. The number of ether oxygens (including phenoxy) is 1. The molecule has 3 rings (SSSR count). The van der Waals surface area contributed by atoms with Gasteiger partial charge in [-0.05, 0) is 36.8 Å². The van der Waals surface area contributed by atoms with Gasteiger partial charge in [-0.15, -0.1) is 16.8 Å². The zero-order valence-corrected chi connectivity index (χ0v) is 19.9. The lowest BCUT2D eigenvalue weighted by Gasteiger charge is -2.11. The molecule has 0 radical (unpaired) electrons. The molecule has 8 nitrogen and oxygen atoms in total. The van der Waals surface area contributed by atoms with Gasteiger partial charge in [0.15, 0.2) is 11.0 Å². The highest BCUT2D eigenvalue weighted by atomic mass is 35.5. The number of benzene rings is 2. The Morgan fingerprint density at radius 3 is 2.76 bits per heavy atom. The summed E-state index contributed by atoms with van der Waals surface area (Å²) in [6.45, 7) is 6.29. The first-order valence-electron chi connectivity index (χ1n) is 10.1. The van der Waals surface area contributed by atoms with E-state index in [-0.39, 0.29) is 24.1 Å². The van der Waals surface area contributed by atoms with Crippen LogP contribution in [-0.4, -0.2) is 39.4 Å². The number of carbonyl (C=O) groups is 2. The van der Waals surface area contributed by atoms with Gasteiger partial charge in [-0.2, -0.15) is 0 Å². The molecule has 0 unspecified atom stereocenters. The van der Waals surface area contributed by atoms with Gasteiger partial charge in [-0.3, -0.25) is 9.59 Å². The van der Waals surface area contributed by atoms with Gasteiger partial charge in [0, 0.05) is 6.54 Å². The minimum atomic E-state index is -0.311. The predicted octanol–water partition coefficient (Wildman–Crippen LogP) is 4.10. The molecule has 1 aromatic heterocycles. The summed E-state index contributed by atoms with van der Waals surface area (Å²) < 4.78 is 7.10. The molecule has 0 spiro atoms. The molecule has 2 amide bonds. The minimum Gasteiger partial charge on any atom is -0.495 e. The quantitative estimate of drug-likeness (QED) is 0.331. The Bertz CT molecular complexity index is 1160. The molecule has 0 bridgehead atoms. The van der Waals surface area contributed by atoms with E-state index in [9.17, 15) is 9.59 Å². The first-order valence-corrected chi connectivity index (χ1v) is 11.4. The number of aryl methyl sites for hydroxylation is 1. The van der Waals surface area contributed by atoms with Crippen molar-refractivity contribution in [2.24, 2.45) is 0 Å². The van der Waals surface area contributed by atoms with Crippen LogP contribution in [0.5, 0.6) is 5.75 Å². The van der Waals surface area contributed by atoms with Gasteiger partial charge in [0.1, 0.15) is 5.75 Å². The maximum Gasteiger partial charge on any atom is 0.253 e. The highest BCUT2D eigenvalue weighted by Gasteiger charge is 2.16. The number of allylic oxidation sites excluding steroid dienone is 1. The number of hydrogen-bond donors (Lipinski definition) is 2. The van der Waals surface area contributed by atoms with E-state index < -0.39 is 0 Å². The summed E-state index contributed by atoms with van der Waals surface area (Å²) in [5.41, 5.74) is 2.00. The molecule has 172 valence electrons. The van der Waals surface area contributed by atoms with E-state index in [0.29, 0.717) is 39.5 Å². The number of nitrogens with zero attached hydrogens (tertiary/aromatic N) is 3. The highest BCUT2D eigenvalue weighted by Crippen LogP contribution is 2.26. The summed E-state index contributed by atoms with van der Waals surface area (Å²) in [5.74, 6) is 0.738. The Kier molecular flexibility index (Phi) is 8.51. The molecule has 33 heavy (non-hydrogen) atoms. The number of hydrogen-bond acceptors (Lipinski definition) is 6. The molecule has 1 heterocycles. The monoisotopic (exact) mass is 485 g/mol. The number of aromatic nitrogens is 3. The maximum absolute atomic E-state index is 12.5. The molecule has 2 aromatic carbocycles. The molecule has 0 aliphatic rings. The summed E-state index contributed by atoms with van der Waals surface area (Å²) in [4.78, 5) is 24.9. The van der Waals surface area contributed by atoms with Crippen molar-refractivity contribution in [1.82, 2.24) is 20.1 Å². The van der Waals surface area contributed by atoms with E-state index in [1.165, 1.54) is 11.8 Å². The molecule has 0 atom stereocenters. The summed E-state index contributed by atoms with van der Waals surface area (Å²) in [6.07, 6.45) is 1.70. The molecule has 0 saturated heterocycles. The maximum atomic E-state index is 12.5. The second-order valence-electron chi connectivity index (χ2n) is 7.00. The van der Waals surface area contributed by atoms with E-state index in [2.05, 4.69) is 27.4 Å². The summed E-state index contributed by atoms with van der Waals surface area (Å²) in [6, 6.07) is 12.4. The van der Waals surface area contributed by atoms with Crippen molar-refractivity contribution >= 4 is 40.9 Å². The molecule has 10 heteroatoms. The summed E-state index contributed by atoms with van der Waals surface area (Å²) in [7, 11) is 1.55. The van der Waals surface area contributed by atoms with E-state index in [1.54, 1.807) is 42.0 Å². The molecule has 0 saturated carbocycles. The third-order valence-corrected chi connectivity index (χ3v) is 5.89. The van der Waals surface area contributed by atoms with E-state index in [0.717, 1.165) is 5.56 Å². The largest absolute Gasteiger partial charge is 0.495 e.